The molecule has 1 N–H and O–H groups in total. The van der Waals surface area contributed by atoms with Crippen LogP contribution in [0, 0.1) is 6.92 Å². The molecule has 4 aromatic rings. The van der Waals surface area contributed by atoms with Crippen molar-refractivity contribution < 1.29 is 13.7 Å². The van der Waals surface area contributed by atoms with Gasteiger partial charge in [0.1, 0.15) is 5.76 Å². The quantitative estimate of drug-likeness (QED) is 0.567. The second-order valence-corrected chi connectivity index (χ2v) is 6.12. The number of nitrogens with zero attached hydrogens (tertiary/aromatic N) is 4. The first-order valence-corrected chi connectivity index (χ1v) is 8.45. The summed E-state index contributed by atoms with van der Waals surface area (Å²) in [5.41, 5.74) is 2.05. The number of aryl methyl sites for hydroxylation is 1. The van der Waals surface area contributed by atoms with E-state index >= 15 is 0 Å². The summed E-state index contributed by atoms with van der Waals surface area (Å²) in [5, 5.41) is 11.5. The molecule has 9 heteroatoms. The van der Waals surface area contributed by atoms with E-state index in [1.54, 1.807) is 29.1 Å². The van der Waals surface area contributed by atoms with Gasteiger partial charge in [0.05, 0.1) is 34.8 Å². The minimum absolute atomic E-state index is 0.138. The number of para-hydroxylation sites is 1. The summed E-state index contributed by atoms with van der Waals surface area (Å²) in [7, 11) is 0. The first-order valence-electron chi connectivity index (χ1n) is 8.07. The van der Waals surface area contributed by atoms with Crippen LogP contribution in [0.25, 0.3) is 17.1 Å². The van der Waals surface area contributed by atoms with Gasteiger partial charge in [-0.25, -0.2) is 4.68 Å². The van der Waals surface area contributed by atoms with E-state index in [2.05, 4.69) is 20.6 Å². The fourth-order valence-electron chi connectivity index (χ4n) is 2.52. The van der Waals surface area contributed by atoms with Crippen LogP contribution in [-0.2, 0) is 6.54 Å². The summed E-state index contributed by atoms with van der Waals surface area (Å²) in [6, 6.07) is 10.8. The van der Waals surface area contributed by atoms with Crippen LogP contribution < -0.4 is 5.32 Å². The Morgan fingerprint density at radius 1 is 1.26 bits per heavy atom. The molecule has 0 aliphatic heterocycles. The molecule has 136 valence electrons. The molecule has 1 aromatic carbocycles. The Morgan fingerprint density at radius 2 is 2.11 bits per heavy atom. The molecule has 0 aliphatic rings. The van der Waals surface area contributed by atoms with E-state index in [-0.39, 0.29) is 18.3 Å². The van der Waals surface area contributed by atoms with E-state index in [0.717, 1.165) is 5.69 Å². The van der Waals surface area contributed by atoms with Crippen LogP contribution in [0.5, 0.6) is 0 Å². The van der Waals surface area contributed by atoms with Gasteiger partial charge in [0.25, 0.3) is 0 Å². The average molecular weight is 384 g/mol. The van der Waals surface area contributed by atoms with Crippen LogP contribution >= 0.6 is 11.6 Å². The van der Waals surface area contributed by atoms with Crippen LogP contribution in [0.15, 0.2) is 57.8 Å². The van der Waals surface area contributed by atoms with Gasteiger partial charge in [-0.2, -0.15) is 10.1 Å². The predicted octanol–water partition coefficient (Wildman–Crippen LogP) is 3.41. The van der Waals surface area contributed by atoms with Gasteiger partial charge in [-0.15, -0.1) is 0 Å². The molecule has 0 spiro atoms. The summed E-state index contributed by atoms with van der Waals surface area (Å²) in [6.45, 7) is 2.04. The lowest BCUT2D eigenvalue weighted by Gasteiger charge is -2.02. The highest BCUT2D eigenvalue weighted by atomic mass is 35.5. The maximum atomic E-state index is 12.2. The molecule has 0 saturated carbocycles. The lowest BCUT2D eigenvalue weighted by molar-refractivity contribution is 0.0904. The number of carbonyl (C=O) groups is 1. The number of amides is 1. The van der Waals surface area contributed by atoms with Crippen molar-refractivity contribution >= 4 is 17.5 Å². The van der Waals surface area contributed by atoms with Crippen LogP contribution in [-0.4, -0.2) is 25.8 Å². The predicted molar refractivity (Wildman–Crippen MR) is 96.5 cm³/mol. The summed E-state index contributed by atoms with van der Waals surface area (Å²) in [4.78, 5) is 16.3. The van der Waals surface area contributed by atoms with Crippen molar-refractivity contribution in [2.24, 2.45) is 0 Å². The zero-order valence-electron chi connectivity index (χ0n) is 14.2. The fraction of sp³-hybridized carbons (Fsp3) is 0.111. The number of hydrogen-bond acceptors (Lipinski definition) is 6. The third-order valence-corrected chi connectivity index (χ3v) is 4.18. The first-order chi connectivity index (χ1) is 13.1. The molecule has 0 atom stereocenters. The van der Waals surface area contributed by atoms with Crippen LogP contribution in [0.2, 0.25) is 5.02 Å². The number of aromatic nitrogens is 4. The minimum atomic E-state index is -0.485. The van der Waals surface area contributed by atoms with Gasteiger partial charge in [0, 0.05) is 6.20 Å². The molecule has 4 rings (SSSR count). The van der Waals surface area contributed by atoms with Crippen molar-refractivity contribution in [1.29, 1.82) is 0 Å². The molecule has 0 fully saturated rings. The van der Waals surface area contributed by atoms with Gasteiger partial charge >= 0.3 is 11.8 Å². The van der Waals surface area contributed by atoms with E-state index in [1.807, 2.05) is 25.1 Å². The van der Waals surface area contributed by atoms with Gasteiger partial charge in [-0.05, 0) is 31.2 Å². The molecule has 8 nitrogen and oxygen atoms in total. The van der Waals surface area contributed by atoms with Gasteiger partial charge in [0.15, 0.2) is 0 Å². The third kappa shape index (κ3) is 3.47. The van der Waals surface area contributed by atoms with Crippen molar-refractivity contribution in [1.82, 2.24) is 25.2 Å². The molecule has 1 amide bonds. The largest absolute Gasteiger partial charge is 0.467 e. The molecule has 0 unspecified atom stereocenters. The Hall–Kier alpha value is -3.39. The van der Waals surface area contributed by atoms with E-state index in [1.165, 1.54) is 6.26 Å². The van der Waals surface area contributed by atoms with Gasteiger partial charge in [-0.1, -0.05) is 28.9 Å². The molecule has 3 aromatic heterocycles. The normalized spacial score (nSPS) is 10.9. The lowest BCUT2D eigenvalue weighted by atomic mass is 10.2. The molecule has 27 heavy (non-hydrogen) atoms. The first kappa shape index (κ1) is 17.0. The monoisotopic (exact) mass is 383 g/mol. The van der Waals surface area contributed by atoms with Gasteiger partial charge in [-0.3, -0.25) is 4.79 Å². The SMILES string of the molecule is Cc1nn(-c2ccccc2Cl)cc1-c1noc(C(=O)NCc2ccco2)n1. The van der Waals surface area contributed by atoms with Crippen molar-refractivity contribution in [3.8, 4) is 17.1 Å². The summed E-state index contributed by atoms with van der Waals surface area (Å²) >= 11 is 6.22. The molecular weight excluding hydrogens is 370 g/mol. The summed E-state index contributed by atoms with van der Waals surface area (Å²) < 4.78 is 11.9. The molecule has 0 radical (unpaired) electrons. The topological polar surface area (TPSA) is 99.0 Å². The Balaban J connectivity index is 1.55. The number of hydrogen-bond donors (Lipinski definition) is 1. The van der Waals surface area contributed by atoms with Crippen LogP contribution in [0.3, 0.4) is 0 Å². The Labute approximate surface area is 158 Å². The number of nitrogens with one attached hydrogen (secondary N) is 1. The Morgan fingerprint density at radius 3 is 2.89 bits per heavy atom. The smallest absolute Gasteiger partial charge is 0.316 e. The van der Waals surface area contributed by atoms with Crippen molar-refractivity contribution in [2.75, 3.05) is 0 Å². The molecule has 3 heterocycles. The standard InChI is InChI=1S/C18H14ClN5O3/c1-11-13(10-24(22-11)15-7-3-2-6-14(15)19)16-21-18(27-23-16)17(25)20-9-12-5-4-8-26-12/h2-8,10H,9H2,1H3,(H,20,25). The zero-order chi connectivity index (χ0) is 18.8. The maximum absolute atomic E-state index is 12.2. The highest BCUT2D eigenvalue weighted by molar-refractivity contribution is 6.32. The second-order valence-electron chi connectivity index (χ2n) is 5.71. The highest BCUT2D eigenvalue weighted by Crippen LogP contribution is 2.24. The van der Waals surface area contributed by atoms with E-state index in [0.29, 0.717) is 22.0 Å². The van der Waals surface area contributed by atoms with E-state index in [4.69, 9.17) is 20.5 Å². The number of halogens is 1. The van der Waals surface area contributed by atoms with Gasteiger partial charge < -0.3 is 14.3 Å². The third-order valence-electron chi connectivity index (χ3n) is 3.86. The second kappa shape index (κ2) is 7.08. The zero-order valence-corrected chi connectivity index (χ0v) is 15.0. The Bertz CT molecular complexity index is 1080. The minimum Gasteiger partial charge on any atom is -0.467 e. The van der Waals surface area contributed by atoms with Crippen LogP contribution in [0.1, 0.15) is 22.1 Å². The van der Waals surface area contributed by atoms with Crippen molar-refractivity contribution in [3.63, 3.8) is 0 Å². The van der Waals surface area contributed by atoms with Crippen molar-refractivity contribution in [3.05, 3.63) is 71.2 Å². The van der Waals surface area contributed by atoms with E-state index < -0.39 is 5.91 Å². The molecule has 0 bridgehead atoms. The Kier molecular flexibility index (Phi) is 4.47. The number of furan rings is 1. The van der Waals surface area contributed by atoms with Crippen LogP contribution in [0.4, 0.5) is 0 Å². The highest BCUT2D eigenvalue weighted by Gasteiger charge is 2.19. The molecule has 0 saturated heterocycles. The summed E-state index contributed by atoms with van der Waals surface area (Å²) in [5.74, 6) is 0.275. The van der Waals surface area contributed by atoms with Crippen molar-refractivity contribution in [2.45, 2.75) is 13.5 Å². The molecule has 0 aliphatic carbocycles. The number of carbonyl (C=O) groups excluding carboxylic acids is 1. The lowest BCUT2D eigenvalue weighted by Crippen LogP contribution is -2.22. The number of rotatable bonds is 5. The van der Waals surface area contributed by atoms with Gasteiger partial charge in [0.2, 0.25) is 5.82 Å². The average Bonchev–Trinajstić information content (AvgIpc) is 3.41. The maximum Gasteiger partial charge on any atom is 0.316 e. The molecular formula is C18H14ClN5O3. The fourth-order valence-corrected chi connectivity index (χ4v) is 2.74. The summed E-state index contributed by atoms with van der Waals surface area (Å²) in [6.07, 6.45) is 3.28. The van der Waals surface area contributed by atoms with E-state index in [9.17, 15) is 4.79 Å². The number of benzene rings is 1.